The molecule has 1 aromatic rings. The fourth-order valence-corrected chi connectivity index (χ4v) is 4.32. The largest absolute Gasteiger partial charge is 0.494 e. The lowest BCUT2D eigenvalue weighted by Crippen LogP contribution is -2.43. The van der Waals surface area contributed by atoms with Crippen LogP contribution in [0.2, 0.25) is 0 Å². The average molecular weight is 437 g/mol. The predicted octanol–water partition coefficient (Wildman–Crippen LogP) is 3.20. The second-order valence-corrected chi connectivity index (χ2v) is 8.08. The quantitative estimate of drug-likeness (QED) is 0.475. The van der Waals surface area contributed by atoms with Gasteiger partial charge in [-0.05, 0) is 38.0 Å². The van der Waals surface area contributed by atoms with Crippen LogP contribution in [0.5, 0.6) is 5.75 Å². The Labute approximate surface area is 187 Å². The Kier molecular flexibility index (Phi) is 6.73. The Hall–Kier alpha value is -3.35. The van der Waals surface area contributed by atoms with Gasteiger partial charge in [-0.25, -0.2) is 0 Å². The molecule has 3 amide bonds. The van der Waals surface area contributed by atoms with E-state index in [0.717, 1.165) is 23.5 Å². The lowest BCUT2D eigenvalue weighted by Gasteiger charge is -2.39. The van der Waals surface area contributed by atoms with E-state index in [1.807, 2.05) is 43.3 Å². The van der Waals surface area contributed by atoms with Crippen molar-refractivity contribution in [1.82, 2.24) is 10.2 Å². The molecule has 3 unspecified atom stereocenters. The Morgan fingerprint density at radius 3 is 2.66 bits per heavy atom. The molecule has 3 aliphatic rings. The van der Waals surface area contributed by atoms with Crippen LogP contribution in [-0.2, 0) is 19.1 Å². The molecule has 0 bridgehead atoms. The highest BCUT2D eigenvalue weighted by molar-refractivity contribution is 6.12. The molecular weight excluding hydrogens is 408 g/mol. The van der Waals surface area contributed by atoms with E-state index in [0.29, 0.717) is 32.4 Å². The van der Waals surface area contributed by atoms with Crippen LogP contribution in [0.25, 0.3) is 0 Å². The first-order valence-electron chi connectivity index (χ1n) is 11.2. The normalized spacial score (nSPS) is 23.3. The summed E-state index contributed by atoms with van der Waals surface area (Å²) in [5.41, 5.74) is 0.971. The summed E-state index contributed by atoms with van der Waals surface area (Å²) in [5.74, 6) is 0.995. The number of rotatable bonds is 9. The molecule has 1 aromatic carbocycles. The van der Waals surface area contributed by atoms with E-state index >= 15 is 0 Å². The minimum absolute atomic E-state index is 0.0160. The van der Waals surface area contributed by atoms with Gasteiger partial charge < -0.3 is 14.8 Å². The first-order chi connectivity index (χ1) is 15.6. The fourth-order valence-electron chi connectivity index (χ4n) is 4.32. The summed E-state index contributed by atoms with van der Waals surface area (Å²) in [7, 11) is 0. The number of carbonyl (C=O) groups is 3. The average Bonchev–Trinajstić information content (AvgIpc) is 3.11. The van der Waals surface area contributed by atoms with Crippen LogP contribution in [0.15, 0.2) is 60.4 Å². The maximum atomic E-state index is 12.7. The van der Waals surface area contributed by atoms with Gasteiger partial charge in [0, 0.05) is 36.6 Å². The van der Waals surface area contributed by atoms with Gasteiger partial charge >= 0.3 is 0 Å². The SMILES string of the molecule is CCOC1=CC2Oc3ccccc3C(NC(=O)CCCCCN3C(=O)C=CC3=O)C2C=C1. The number of hydrogen-bond donors (Lipinski definition) is 1. The number of para-hydroxylation sites is 1. The van der Waals surface area contributed by atoms with Gasteiger partial charge in [0.1, 0.15) is 17.6 Å². The number of nitrogens with one attached hydrogen (secondary N) is 1. The molecule has 2 aliphatic heterocycles. The zero-order valence-corrected chi connectivity index (χ0v) is 18.2. The third kappa shape index (κ3) is 4.77. The molecule has 0 fully saturated rings. The summed E-state index contributed by atoms with van der Waals surface area (Å²) in [6.07, 6.45) is 10.9. The number of nitrogens with zero attached hydrogens (tertiary/aromatic N) is 1. The highest BCUT2D eigenvalue weighted by Gasteiger charge is 2.38. The van der Waals surface area contributed by atoms with Crippen LogP contribution < -0.4 is 10.1 Å². The molecular formula is C25H28N2O5. The molecule has 1 aliphatic carbocycles. The fraction of sp³-hybridized carbons (Fsp3) is 0.400. The van der Waals surface area contributed by atoms with Gasteiger partial charge in [-0.3, -0.25) is 19.3 Å². The topological polar surface area (TPSA) is 84.9 Å². The summed E-state index contributed by atoms with van der Waals surface area (Å²) in [5, 5.41) is 3.20. The third-order valence-corrected chi connectivity index (χ3v) is 5.91. The van der Waals surface area contributed by atoms with Crippen molar-refractivity contribution >= 4 is 17.7 Å². The van der Waals surface area contributed by atoms with Crippen LogP contribution in [-0.4, -0.2) is 41.9 Å². The zero-order valence-electron chi connectivity index (χ0n) is 18.2. The van der Waals surface area contributed by atoms with Gasteiger partial charge in [0.2, 0.25) is 5.91 Å². The number of carbonyl (C=O) groups excluding carboxylic acids is 3. The van der Waals surface area contributed by atoms with Crippen molar-refractivity contribution in [2.75, 3.05) is 13.2 Å². The van der Waals surface area contributed by atoms with Crippen molar-refractivity contribution in [2.24, 2.45) is 5.92 Å². The number of ether oxygens (including phenoxy) is 2. The van der Waals surface area contributed by atoms with Crippen LogP contribution in [0.1, 0.15) is 44.2 Å². The molecule has 168 valence electrons. The molecule has 0 saturated heterocycles. The molecule has 4 rings (SSSR count). The van der Waals surface area contributed by atoms with Gasteiger partial charge in [-0.15, -0.1) is 0 Å². The zero-order chi connectivity index (χ0) is 22.5. The van der Waals surface area contributed by atoms with Gasteiger partial charge in [0.05, 0.1) is 12.6 Å². The van der Waals surface area contributed by atoms with Crippen molar-refractivity contribution in [1.29, 1.82) is 0 Å². The van der Waals surface area contributed by atoms with E-state index in [1.165, 1.54) is 17.1 Å². The molecule has 7 heteroatoms. The van der Waals surface area contributed by atoms with E-state index in [1.54, 1.807) is 0 Å². The second kappa shape index (κ2) is 9.85. The molecule has 0 radical (unpaired) electrons. The number of unbranched alkanes of at least 4 members (excludes halogenated alkanes) is 2. The minimum Gasteiger partial charge on any atom is -0.494 e. The van der Waals surface area contributed by atoms with Crippen molar-refractivity contribution < 1.29 is 23.9 Å². The highest BCUT2D eigenvalue weighted by Crippen LogP contribution is 2.41. The molecule has 7 nitrogen and oxygen atoms in total. The van der Waals surface area contributed by atoms with Gasteiger partial charge in [0.15, 0.2) is 0 Å². The summed E-state index contributed by atoms with van der Waals surface area (Å²) in [4.78, 5) is 37.1. The molecule has 3 atom stereocenters. The van der Waals surface area contributed by atoms with E-state index in [9.17, 15) is 14.4 Å². The summed E-state index contributed by atoms with van der Waals surface area (Å²) in [6, 6.07) is 7.61. The minimum atomic E-state index is -0.262. The van der Waals surface area contributed by atoms with Gasteiger partial charge in [-0.1, -0.05) is 30.7 Å². The maximum absolute atomic E-state index is 12.7. The summed E-state index contributed by atoms with van der Waals surface area (Å²) >= 11 is 0. The molecule has 0 spiro atoms. The van der Waals surface area contributed by atoms with Crippen LogP contribution >= 0.6 is 0 Å². The number of benzene rings is 1. The van der Waals surface area contributed by atoms with E-state index in [2.05, 4.69) is 11.4 Å². The lowest BCUT2D eigenvalue weighted by atomic mass is 9.82. The standard InChI is InChI=1S/C25H28N2O5/c1-2-31-17-11-12-19-21(16-17)32-20-9-6-5-8-18(20)25(19)26-22(28)10-4-3-7-15-27-23(29)13-14-24(27)30/h5-6,8-9,11-14,16,19,21,25H,2-4,7,10,15H2,1H3,(H,26,28). The van der Waals surface area contributed by atoms with Gasteiger partial charge in [-0.2, -0.15) is 0 Å². The van der Waals surface area contributed by atoms with E-state index in [4.69, 9.17) is 9.47 Å². The number of amides is 3. The van der Waals surface area contributed by atoms with Crippen molar-refractivity contribution in [3.63, 3.8) is 0 Å². The third-order valence-electron chi connectivity index (χ3n) is 5.91. The molecule has 1 N–H and O–H groups in total. The van der Waals surface area contributed by atoms with Crippen LogP contribution in [0.3, 0.4) is 0 Å². The predicted molar refractivity (Wildman–Crippen MR) is 118 cm³/mol. The maximum Gasteiger partial charge on any atom is 0.253 e. The molecule has 0 aromatic heterocycles. The first kappa shape index (κ1) is 21.9. The van der Waals surface area contributed by atoms with Crippen molar-refractivity contribution in [2.45, 2.75) is 44.8 Å². The Bertz CT molecular complexity index is 962. The van der Waals surface area contributed by atoms with E-state index in [-0.39, 0.29) is 35.8 Å². The summed E-state index contributed by atoms with van der Waals surface area (Å²) < 4.78 is 11.8. The smallest absolute Gasteiger partial charge is 0.253 e. The Morgan fingerprint density at radius 1 is 1.09 bits per heavy atom. The molecule has 0 saturated carbocycles. The van der Waals surface area contributed by atoms with Gasteiger partial charge in [0.25, 0.3) is 11.8 Å². The number of allylic oxidation sites excluding steroid dienone is 1. The van der Waals surface area contributed by atoms with Crippen molar-refractivity contribution in [3.05, 3.63) is 66.0 Å². The monoisotopic (exact) mass is 436 g/mol. The molecule has 32 heavy (non-hydrogen) atoms. The first-order valence-corrected chi connectivity index (χ1v) is 11.2. The number of fused-ring (bicyclic) bond motifs is 2. The second-order valence-electron chi connectivity index (χ2n) is 8.08. The number of hydrogen-bond acceptors (Lipinski definition) is 5. The van der Waals surface area contributed by atoms with Crippen LogP contribution in [0, 0.1) is 5.92 Å². The highest BCUT2D eigenvalue weighted by atomic mass is 16.5. The van der Waals surface area contributed by atoms with Crippen LogP contribution in [0.4, 0.5) is 0 Å². The molecule has 2 heterocycles. The Balaban J connectivity index is 1.32. The number of imide groups is 1. The lowest BCUT2D eigenvalue weighted by molar-refractivity contribution is -0.137. The van der Waals surface area contributed by atoms with Crippen molar-refractivity contribution in [3.8, 4) is 5.75 Å². The Morgan fingerprint density at radius 2 is 1.88 bits per heavy atom. The van der Waals surface area contributed by atoms with E-state index < -0.39 is 0 Å². The summed E-state index contributed by atoms with van der Waals surface area (Å²) in [6.45, 7) is 2.92.